The zero-order valence-electron chi connectivity index (χ0n) is 15.5. The van der Waals surface area contributed by atoms with Crippen LogP contribution in [0, 0.1) is 19.3 Å². The Balaban J connectivity index is 1.66. The summed E-state index contributed by atoms with van der Waals surface area (Å²) in [6.45, 7) is 10.2. The van der Waals surface area contributed by atoms with E-state index in [0.717, 1.165) is 68.4 Å². The maximum Gasteiger partial charge on any atom is 0.220 e. The van der Waals surface area contributed by atoms with Crippen LogP contribution >= 0.6 is 0 Å². The SMILES string of the molecule is CCNC(=NCCc1c(C)noc1C)N1CCCC2(CNC(=O)C2)C1. The summed E-state index contributed by atoms with van der Waals surface area (Å²) >= 11 is 0. The fraction of sp³-hybridized carbons (Fsp3) is 0.722. The molecule has 1 aromatic rings. The lowest BCUT2D eigenvalue weighted by Crippen LogP contribution is -2.51. The lowest BCUT2D eigenvalue weighted by Gasteiger charge is -2.40. The highest BCUT2D eigenvalue weighted by molar-refractivity contribution is 5.81. The summed E-state index contributed by atoms with van der Waals surface area (Å²) in [4.78, 5) is 18.8. The average molecular weight is 347 g/mol. The molecule has 138 valence electrons. The molecule has 3 rings (SSSR count). The minimum absolute atomic E-state index is 0.0766. The van der Waals surface area contributed by atoms with Crippen molar-refractivity contribution in [3.8, 4) is 0 Å². The highest BCUT2D eigenvalue weighted by atomic mass is 16.5. The zero-order chi connectivity index (χ0) is 17.9. The minimum Gasteiger partial charge on any atom is -0.361 e. The van der Waals surface area contributed by atoms with Gasteiger partial charge in [-0.25, -0.2) is 0 Å². The third-order valence-electron chi connectivity index (χ3n) is 5.30. The van der Waals surface area contributed by atoms with Gasteiger partial charge in [0.25, 0.3) is 0 Å². The number of aromatic nitrogens is 1. The highest BCUT2D eigenvalue weighted by Gasteiger charge is 2.42. The van der Waals surface area contributed by atoms with Crippen LogP contribution in [0.2, 0.25) is 0 Å². The smallest absolute Gasteiger partial charge is 0.220 e. The molecule has 2 N–H and O–H groups in total. The number of hydrogen-bond acceptors (Lipinski definition) is 4. The fourth-order valence-electron chi connectivity index (χ4n) is 3.99. The third-order valence-corrected chi connectivity index (χ3v) is 5.30. The number of aliphatic imine (C=N–C) groups is 1. The molecule has 1 aromatic heterocycles. The molecule has 2 saturated heterocycles. The van der Waals surface area contributed by atoms with Gasteiger partial charge in [-0.2, -0.15) is 0 Å². The average Bonchev–Trinajstić information content (AvgIpc) is 3.10. The van der Waals surface area contributed by atoms with Gasteiger partial charge in [-0.15, -0.1) is 0 Å². The molecular weight excluding hydrogens is 318 g/mol. The van der Waals surface area contributed by atoms with Crippen molar-refractivity contribution in [1.29, 1.82) is 0 Å². The monoisotopic (exact) mass is 347 g/mol. The number of nitrogens with one attached hydrogen (secondary N) is 2. The van der Waals surface area contributed by atoms with Crippen LogP contribution in [0.3, 0.4) is 0 Å². The topological polar surface area (TPSA) is 82.8 Å². The number of amides is 1. The van der Waals surface area contributed by atoms with Crippen molar-refractivity contribution in [3.05, 3.63) is 17.0 Å². The molecule has 3 heterocycles. The Morgan fingerprint density at radius 2 is 2.32 bits per heavy atom. The lowest BCUT2D eigenvalue weighted by atomic mass is 9.79. The van der Waals surface area contributed by atoms with Crippen LogP contribution in [0.1, 0.15) is 43.2 Å². The van der Waals surface area contributed by atoms with Gasteiger partial charge in [0.2, 0.25) is 5.91 Å². The molecule has 0 aliphatic carbocycles. The Labute approximate surface area is 149 Å². The summed E-state index contributed by atoms with van der Waals surface area (Å²) in [5.41, 5.74) is 2.18. The van der Waals surface area contributed by atoms with Crippen molar-refractivity contribution in [2.75, 3.05) is 32.7 Å². The first-order valence-electron chi connectivity index (χ1n) is 9.25. The predicted molar refractivity (Wildman–Crippen MR) is 96.5 cm³/mol. The van der Waals surface area contributed by atoms with E-state index in [9.17, 15) is 4.79 Å². The van der Waals surface area contributed by atoms with E-state index in [1.54, 1.807) is 0 Å². The summed E-state index contributed by atoms with van der Waals surface area (Å²) < 4.78 is 5.23. The normalized spacial score (nSPS) is 24.0. The van der Waals surface area contributed by atoms with Gasteiger partial charge in [0, 0.05) is 50.1 Å². The van der Waals surface area contributed by atoms with Crippen LogP contribution in [0.25, 0.3) is 0 Å². The number of guanidine groups is 1. The number of nitrogens with zero attached hydrogens (tertiary/aromatic N) is 3. The number of rotatable bonds is 4. The molecule has 0 aromatic carbocycles. The van der Waals surface area contributed by atoms with Crippen LogP contribution in [0.15, 0.2) is 9.52 Å². The fourth-order valence-corrected chi connectivity index (χ4v) is 3.99. The zero-order valence-corrected chi connectivity index (χ0v) is 15.5. The van der Waals surface area contributed by atoms with E-state index in [-0.39, 0.29) is 11.3 Å². The second kappa shape index (κ2) is 7.45. The largest absolute Gasteiger partial charge is 0.361 e. The van der Waals surface area contributed by atoms with E-state index in [2.05, 4.69) is 27.6 Å². The summed E-state index contributed by atoms with van der Waals surface area (Å²) in [6, 6.07) is 0. The van der Waals surface area contributed by atoms with E-state index in [0.29, 0.717) is 13.0 Å². The first-order valence-corrected chi connectivity index (χ1v) is 9.25. The number of carbonyl (C=O) groups excluding carboxylic acids is 1. The Bertz CT molecular complexity index is 634. The van der Waals surface area contributed by atoms with Gasteiger partial charge in [0.15, 0.2) is 5.96 Å². The first kappa shape index (κ1) is 17.8. The van der Waals surface area contributed by atoms with Crippen molar-refractivity contribution in [2.45, 2.75) is 46.5 Å². The summed E-state index contributed by atoms with van der Waals surface area (Å²) in [7, 11) is 0. The maximum absolute atomic E-state index is 11.7. The number of hydrogen-bond donors (Lipinski definition) is 2. The molecule has 2 fully saturated rings. The molecule has 25 heavy (non-hydrogen) atoms. The molecule has 2 aliphatic heterocycles. The van der Waals surface area contributed by atoms with Gasteiger partial charge >= 0.3 is 0 Å². The molecule has 1 amide bonds. The van der Waals surface area contributed by atoms with E-state index >= 15 is 0 Å². The molecule has 1 spiro atoms. The van der Waals surface area contributed by atoms with E-state index in [1.807, 2.05) is 13.8 Å². The molecule has 0 bridgehead atoms. The van der Waals surface area contributed by atoms with Gasteiger partial charge in [-0.1, -0.05) is 5.16 Å². The number of aryl methyl sites for hydroxylation is 2. The Kier molecular flexibility index (Phi) is 5.30. The van der Waals surface area contributed by atoms with Crippen molar-refractivity contribution >= 4 is 11.9 Å². The summed E-state index contributed by atoms with van der Waals surface area (Å²) in [5.74, 6) is 2.01. The van der Waals surface area contributed by atoms with E-state index in [1.165, 1.54) is 0 Å². The van der Waals surface area contributed by atoms with Crippen molar-refractivity contribution < 1.29 is 9.32 Å². The molecule has 1 atom stereocenters. The Morgan fingerprint density at radius 1 is 1.48 bits per heavy atom. The second-order valence-corrected chi connectivity index (χ2v) is 7.27. The van der Waals surface area contributed by atoms with Crippen LogP contribution in [-0.2, 0) is 11.2 Å². The van der Waals surface area contributed by atoms with Gasteiger partial charge in [0.05, 0.1) is 5.69 Å². The molecule has 0 saturated carbocycles. The molecule has 7 nitrogen and oxygen atoms in total. The number of piperidine rings is 1. The maximum atomic E-state index is 11.7. The van der Waals surface area contributed by atoms with Crippen LogP contribution < -0.4 is 10.6 Å². The van der Waals surface area contributed by atoms with Crippen LogP contribution in [0.4, 0.5) is 0 Å². The van der Waals surface area contributed by atoms with E-state index in [4.69, 9.17) is 9.52 Å². The Hall–Kier alpha value is -2.05. The molecule has 0 radical (unpaired) electrons. The summed E-state index contributed by atoms with van der Waals surface area (Å²) in [5, 5.41) is 10.4. The molecular formula is C18H29N5O2. The van der Waals surface area contributed by atoms with Gasteiger partial charge in [-0.05, 0) is 40.0 Å². The third kappa shape index (κ3) is 3.96. The van der Waals surface area contributed by atoms with E-state index < -0.39 is 0 Å². The second-order valence-electron chi connectivity index (χ2n) is 7.27. The van der Waals surface area contributed by atoms with Gasteiger partial charge < -0.3 is 20.1 Å². The lowest BCUT2D eigenvalue weighted by molar-refractivity contribution is -0.119. The number of likely N-dealkylation sites (tertiary alicyclic amines) is 1. The minimum atomic E-state index is 0.0766. The number of carbonyl (C=O) groups is 1. The standard InChI is InChI=1S/C18H29N5O2/c1-4-19-17(20-8-6-15-13(2)22-25-14(15)3)23-9-5-7-18(12-23)10-16(24)21-11-18/h4-12H2,1-3H3,(H,19,20)(H,21,24). The molecule has 2 aliphatic rings. The van der Waals surface area contributed by atoms with Crippen LogP contribution in [-0.4, -0.2) is 54.6 Å². The van der Waals surface area contributed by atoms with Crippen molar-refractivity contribution in [1.82, 2.24) is 20.7 Å². The predicted octanol–water partition coefficient (Wildman–Crippen LogP) is 1.40. The van der Waals surface area contributed by atoms with Gasteiger partial charge in [-0.3, -0.25) is 9.79 Å². The molecule has 7 heteroatoms. The van der Waals surface area contributed by atoms with Crippen molar-refractivity contribution in [2.24, 2.45) is 10.4 Å². The Morgan fingerprint density at radius 3 is 2.96 bits per heavy atom. The quantitative estimate of drug-likeness (QED) is 0.635. The van der Waals surface area contributed by atoms with Crippen molar-refractivity contribution in [3.63, 3.8) is 0 Å². The summed E-state index contributed by atoms with van der Waals surface area (Å²) in [6.07, 6.45) is 3.68. The van der Waals surface area contributed by atoms with Crippen LogP contribution in [0.5, 0.6) is 0 Å². The first-order chi connectivity index (χ1) is 12.0. The van der Waals surface area contributed by atoms with Gasteiger partial charge in [0.1, 0.15) is 5.76 Å². The highest BCUT2D eigenvalue weighted by Crippen LogP contribution is 2.36. The molecule has 1 unspecified atom stereocenters.